The molecule has 0 saturated heterocycles. The number of hydrogen-bond acceptors (Lipinski definition) is 5. The molecule has 0 aliphatic carbocycles. The lowest BCUT2D eigenvalue weighted by atomic mass is 10.1. The minimum Gasteiger partial charge on any atom is -0.463 e. The summed E-state index contributed by atoms with van der Waals surface area (Å²) in [6, 6.07) is 0. The minimum atomic E-state index is -0.823. The van der Waals surface area contributed by atoms with E-state index in [1.807, 2.05) is 0 Å². The van der Waals surface area contributed by atoms with Crippen LogP contribution in [-0.4, -0.2) is 31.6 Å². The third-order valence-corrected chi connectivity index (χ3v) is 2.74. The number of ether oxygens (including phenoxy) is 2. The maximum atomic E-state index is 11.6. The number of methoxy groups -OCH3 is 1. The molecule has 0 aromatic carbocycles. The first-order valence-electron chi connectivity index (χ1n) is 7.11. The van der Waals surface area contributed by atoms with Crippen LogP contribution >= 0.6 is 0 Å². The van der Waals surface area contributed by atoms with Gasteiger partial charge in [0.1, 0.15) is 6.10 Å². The van der Waals surface area contributed by atoms with Gasteiger partial charge in [0.15, 0.2) is 5.79 Å². The molecule has 0 aromatic rings. The topological polar surface area (TPSA) is 54.0 Å². The molecule has 0 aliphatic rings. The average Bonchev–Trinajstić information content (AvgIpc) is 2.42. The lowest BCUT2D eigenvalue weighted by Gasteiger charge is -2.24. The van der Waals surface area contributed by atoms with E-state index < -0.39 is 5.79 Å². The van der Waals surface area contributed by atoms with Crippen LogP contribution in [0.15, 0.2) is 11.6 Å². The monoisotopic (exact) mass is 288 g/mol. The number of hydrogen-bond donors (Lipinski definition) is 0. The quantitative estimate of drug-likeness (QED) is 0.203. The summed E-state index contributed by atoms with van der Waals surface area (Å²) >= 11 is 0. The molecule has 0 N–H and O–H groups in total. The molecule has 0 fully saturated rings. The van der Waals surface area contributed by atoms with Gasteiger partial charge >= 0.3 is 5.97 Å². The lowest BCUT2D eigenvalue weighted by Crippen LogP contribution is -2.29. The second-order valence-corrected chi connectivity index (χ2v) is 5.03. The Morgan fingerprint density at radius 3 is 2.45 bits per heavy atom. The van der Waals surface area contributed by atoms with Gasteiger partial charge in [-0.05, 0) is 40.2 Å². The fourth-order valence-corrected chi connectivity index (χ4v) is 1.37. The Bertz CT molecular complexity index is 309. The third-order valence-electron chi connectivity index (χ3n) is 2.74. The van der Waals surface area contributed by atoms with Crippen LogP contribution in [-0.2, 0) is 24.0 Å². The van der Waals surface area contributed by atoms with Crippen molar-refractivity contribution in [1.82, 2.24) is 0 Å². The van der Waals surface area contributed by atoms with E-state index in [-0.39, 0.29) is 12.1 Å². The second-order valence-electron chi connectivity index (χ2n) is 5.03. The Morgan fingerprint density at radius 1 is 1.30 bits per heavy atom. The van der Waals surface area contributed by atoms with E-state index in [1.54, 1.807) is 40.9 Å². The highest BCUT2D eigenvalue weighted by atomic mass is 17.2. The van der Waals surface area contributed by atoms with Gasteiger partial charge in [0, 0.05) is 12.7 Å². The number of rotatable bonds is 10. The summed E-state index contributed by atoms with van der Waals surface area (Å²) in [6.45, 7) is 9.45. The predicted octanol–water partition coefficient (Wildman–Crippen LogP) is 3.39. The Morgan fingerprint density at radius 2 is 1.95 bits per heavy atom. The van der Waals surface area contributed by atoms with Gasteiger partial charge in [-0.3, -0.25) is 0 Å². The van der Waals surface area contributed by atoms with E-state index in [4.69, 9.17) is 19.2 Å². The number of carbonyl (C=O) groups is 1. The molecule has 0 radical (unpaired) electrons. The van der Waals surface area contributed by atoms with Gasteiger partial charge in [0.25, 0.3) is 0 Å². The minimum absolute atomic E-state index is 0.297. The van der Waals surface area contributed by atoms with Crippen molar-refractivity contribution in [3.63, 3.8) is 0 Å². The van der Waals surface area contributed by atoms with E-state index in [0.717, 1.165) is 19.3 Å². The van der Waals surface area contributed by atoms with Gasteiger partial charge in [-0.15, -0.1) is 0 Å². The Balaban J connectivity index is 4.62. The van der Waals surface area contributed by atoms with Crippen molar-refractivity contribution in [1.29, 1.82) is 0 Å². The molecule has 0 rings (SSSR count). The molecule has 20 heavy (non-hydrogen) atoms. The van der Waals surface area contributed by atoms with Crippen molar-refractivity contribution < 1.29 is 24.0 Å². The average molecular weight is 288 g/mol. The molecule has 0 aliphatic heterocycles. The van der Waals surface area contributed by atoms with Crippen LogP contribution in [0.1, 0.15) is 53.9 Å². The van der Waals surface area contributed by atoms with Crippen molar-refractivity contribution >= 4 is 5.97 Å². The highest BCUT2D eigenvalue weighted by Gasteiger charge is 2.21. The molecule has 5 nitrogen and oxygen atoms in total. The standard InChI is InChI=1S/C15H28O5/c1-7-9-10-13(19-20-15(4,5)17-6)11-12(3)14(16)18-8-2/h11,13H,7-10H2,1-6H3/b12-11+. The Kier molecular flexibility index (Phi) is 9.46. The second kappa shape index (κ2) is 9.91. The first kappa shape index (κ1) is 19.1. The van der Waals surface area contributed by atoms with Gasteiger partial charge in [-0.25, -0.2) is 14.6 Å². The molecule has 1 unspecified atom stereocenters. The molecular weight excluding hydrogens is 260 g/mol. The van der Waals surface area contributed by atoms with Crippen LogP contribution in [0.3, 0.4) is 0 Å². The number of carbonyl (C=O) groups excluding carboxylic acids is 1. The molecule has 0 spiro atoms. The summed E-state index contributed by atoms with van der Waals surface area (Å²) in [7, 11) is 1.55. The highest BCUT2D eigenvalue weighted by molar-refractivity contribution is 5.87. The highest BCUT2D eigenvalue weighted by Crippen LogP contribution is 2.16. The Hall–Kier alpha value is -0.910. The molecule has 5 heteroatoms. The summed E-state index contributed by atoms with van der Waals surface area (Å²) in [6.07, 6.45) is 4.23. The number of esters is 1. The zero-order chi connectivity index (χ0) is 15.6. The van der Waals surface area contributed by atoms with E-state index in [9.17, 15) is 4.79 Å². The van der Waals surface area contributed by atoms with Gasteiger partial charge in [-0.1, -0.05) is 19.8 Å². The molecule has 0 heterocycles. The first-order chi connectivity index (χ1) is 9.36. The largest absolute Gasteiger partial charge is 0.463 e. The Labute approximate surface area is 122 Å². The van der Waals surface area contributed by atoms with E-state index in [2.05, 4.69) is 6.92 Å². The van der Waals surface area contributed by atoms with E-state index in [1.165, 1.54) is 0 Å². The van der Waals surface area contributed by atoms with Crippen LogP contribution in [0, 0.1) is 0 Å². The maximum absolute atomic E-state index is 11.6. The van der Waals surface area contributed by atoms with Crippen LogP contribution in [0.4, 0.5) is 0 Å². The van der Waals surface area contributed by atoms with E-state index >= 15 is 0 Å². The summed E-state index contributed by atoms with van der Waals surface area (Å²) in [5.41, 5.74) is 0.520. The van der Waals surface area contributed by atoms with Gasteiger partial charge in [0.05, 0.1) is 6.61 Å². The third kappa shape index (κ3) is 8.30. The zero-order valence-electron chi connectivity index (χ0n) is 13.5. The maximum Gasteiger partial charge on any atom is 0.333 e. The first-order valence-corrected chi connectivity index (χ1v) is 7.11. The fourth-order valence-electron chi connectivity index (χ4n) is 1.37. The zero-order valence-corrected chi connectivity index (χ0v) is 13.5. The van der Waals surface area contributed by atoms with Crippen LogP contribution in [0.2, 0.25) is 0 Å². The lowest BCUT2D eigenvalue weighted by molar-refractivity contribution is -0.425. The van der Waals surface area contributed by atoms with Crippen molar-refractivity contribution in [3.05, 3.63) is 11.6 Å². The smallest absolute Gasteiger partial charge is 0.333 e. The fraction of sp³-hybridized carbons (Fsp3) is 0.800. The van der Waals surface area contributed by atoms with Gasteiger partial charge in [-0.2, -0.15) is 0 Å². The summed E-state index contributed by atoms with van der Waals surface area (Å²) < 4.78 is 10.1. The van der Waals surface area contributed by atoms with Gasteiger partial charge in [0.2, 0.25) is 0 Å². The van der Waals surface area contributed by atoms with Crippen LogP contribution in [0.25, 0.3) is 0 Å². The molecule has 118 valence electrons. The van der Waals surface area contributed by atoms with Crippen molar-refractivity contribution in [2.45, 2.75) is 65.8 Å². The molecule has 0 bridgehead atoms. The van der Waals surface area contributed by atoms with Crippen LogP contribution < -0.4 is 0 Å². The molecule has 1 atom stereocenters. The summed E-state index contributed by atoms with van der Waals surface area (Å²) in [4.78, 5) is 22.2. The van der Waals surface area contributed by atoms with Gasteiger partial charge < -0.3 is 9.47 Å². The van der Waals surface area contributed by atoms with Crippen molar-refractivity contribution in [3.8, 4) is 0 Å². The summed E-state index contributed by atoms with van der Waals surface area (Å²) in [5.74, 6) is -1.15. The summed E-state index contributed by atoms with van der Waals surface area (Å²) in [5, 5.41) is 0. The molecular formula is C15H28O5. The van der Waals surface area contributed by atoms with Crippen molar-refractivity contribution in [2.24, 2.45) is 0 Å². The SMILES string of the molecule is CCCCC(/C=C(\C)C(=O)OCC)OOC(C)(C)OC. The predicted molar refractivity (Wildman–Crippen MR) is 77.0 cm³/mol. The molecule has 0 amide bonds. The molecule has 0 aromatic heterocycles. The van der Waals surface area contributed by atoms with Crippen LogP contribution in [0.5, 0.6) is 0 Å². The normalized spacial score (nSPS) is 14.2. The van der Waals surface area contributed by atoms with E-state index in [0.29, 0.717) is 12.2 Å². The van der Waals surface area contributed by atoms with Crippen molar-refractivity contribution in [2.75, 3.05) is 13.7 Å². The molecule has 0 saturated carbocycles. The number of unbranched alkanes of at least 4 members (excludes halogenated alkanes) is 1.